The van der Waals surface area contributed by atoms with E-state index in [2.05, 4.69) is 73.1 Å². The van der Waals surface area contributed by atoms with Crippen molar-refractivity contribution < 1.29 is 46.9 Å². The van der Waals surface area contributed by atoms with E-state index >= 15 is 0 Å². The quantitative estimate of drug-likeness (QED) is 0.0615. The van der Waals surface area contributed by atoms with Gasteiger partial charge in [0.15, 0.2) is 23.0 Å². The molecule has 26 heteroatoms. The number of hydrogen-bond donors (Lipinski definition) is 4. The van der Waals surface area contributed by atoms with Crippen LogP contribution < -0.4 is 40.2 Å². The van der Waals surface area contributed by atoms with E-state index in [4.69, 9.17) is 37.0 Å². The molecule has 4 heterocycles. The Hall–Kier alpha value is -14.7. The van der Waals surface area contributed by atoms with Gasteiger partial charge in [0.05, 0.1) is 84.5 Å². The number of rotatable bonds is 17. The van der Waals surface area contributed by atoms with Gasteiger partial charge in [-0.15, -0.1) is 6.42 Å². The van der Waals surface area contributed by atoms with Gasteiger partial charge >= 0.3 is 0 Å². The van der Waals surface area contributed by atoms with Crippen molar-refractivity contribution in [3.63, 3.8) is 0 Å². The number of nitriles is 3. The van der Waals surface area contributed by atoms with Crippen molar-refractivity contribution in [1.82, 2.24) is 39.9 Å². The van der Waals surface area contributed by atoms with Crippen LogP contribution in [0.4, 0.5) is 31.5 Å². The first-order valence-corrected chi connectivity index (χ1v) is 30.8. The fourth-order valence-corrected chi connectivity index (χ4v) is 9.27. The second-order valence-corrected chi connectivity index (χ2v) is 22.1. The van der Waals surface area contributed by atoms with Crippen LogP contribution in [0, 0.1) is 60.2 Å². The smallest absolute Gasteiger partial charge is 0.270 e. The number of hydrogen-bond acceptors (Lipinski definition) is 19. The lowest BCUT2D eigenvalue weighted by atomic mass is 10.1. The topological polar surface area (TPSA) is 328 Å². The first kappa shape index (κ1) is 72.6. The zero-order valence-corrected chi connectivity index (χ0v) is 55.2. The third-order valence-corrected chi connectivity index (χ3v) is 13.8. The van der Waals surface area contributed by atoms with Crippen molar-refractivity contribution in [1.29, 1.82) is 15.8 Å². The number of halogens is 3. The molecule has 0 saturated heterocycles. The monoisotopic (exact) mass is 1390 g/mol. The Kier molecular flexibility index (Phi) is 25.1. The van der Waals surface area contributed by atoms with E-state index in [9.17, 15) is 43.7 Å². The molecule has 506 valence electrons. The number of carbonyl (C=O) groups is 4. The number of carbonyl (C=O) groups excluding carboxylic acids is 4. The number of terminal acetylenes is 1. The minimum Gasteiger partial charge on any atom is -0.454 e. The molecule has 23 nitrogen and oxygen atoms in total. The molecule has 8 aromatic carbocycles. The molecule has 0 spiro atoms. The number of amides is 4. The first-order valence-electron chi connectivity index (χ1n) is 30.4. The Morgan fingerprint density at radius 1 is 0.388 bits per heavy atom. The van der Waals surface area contributed by atoms with Crippen LogP contribution in [0.25, 0.3) is 0 Å². The Morgan fingerprint density at radius 3 is 1.01 bits per heavy atom. The molecule has 0 fully saturated rings. The number of ether oxygens (including phenoxy) is 4. The van der Waals surface area contributed by atoms with Gasteiger partial charge in [0.2, 0.25) is 0 Å². The van der Waals surface area contributed by atoms with Gasteiger partial charge in [-0.05, 0) is 117 Å². The lowest BCUT2D eigenvalue weighted by Gasteiger charge is -2.13. The SMILES string of the molecule is C#Cc1cccc(C(=O)Nc2cc(C#N)cc(Oc3cncnc3)c2)c1.CC(F)(F)c1cccc(C(=O)Nc2cc(C#N)cc(Oc3cncnc3)c2)c1.Cc1cccc(C(=O)Nc2cc(C#N)cc(Oc3cncnc3)c2)c1.Cc1cccc(C(=O)Nc2cc(Cl)cc(Oc3cncnc3)c2)c1. The summed E-state index contributed by atoms with van der Waals surface area (Å²) in [4.78, 5) is 80.5. The maximum Gasteiger partial charge on any atom is 0.270 e. The van der Waals surface area contributed by atoms with Gasteiger partial charge < -0.3 is 40.2 Å². The average Bonchev–Trinajstić information content (AvgIpc) is 0.853. The van der Waals surface area contributed by atoms with Gasteiger partial charge in [-0.3, -0.25) is 19.2 Å². The molecular weight excluding hydrogens is 1340 g/mol. The molecule has 0 aliphatic carbocycles. The highest BCUT2D eigenvalue weighted by atomic mass is 35.5. The summed E-state index contributed by atoms with van der Waals surface area (Å²) in [5.74, 6) is 1.28. The molecule has 103 heavy (non-hydrogen) atoms. The van der Waals surface area contributed by atoms with E-state index in [1.165, 1.54) is 98.9 Å². The lowest BCUT2D eigenvalue weighted by Crippen LogP contribution is -2.14. The van der Waals surface area contributed by atoms with Crippen LogP contribution in [-0.4, -0.2) is 63.5 Å². The third-order valence-electron chi connectivity index (χ3n) is 13.6. The van der Waals surface area contributed by atoms with E-state index in [1.54, 1.807) is 109 Å². The van der Waals surface area contributed by atoms with Crippen molar-refractivity contribution in [3.8, 4) is 76.5 Å². The molecule has 0 unspecified atom stereocenters. The predicted molar refractivity (Wildman–Crippen MR) is 378 cm³/mol. The zero-order valence-electron chi connectivity index (χ0n) is 54.5. The average molecular weight is 1390 g/mol. The van der Waals surface area contributed by atoms with E-state index in [0.717, 1.165) is 24.1 Å². The Labute approximate surface area is 593 Å². The number of nitrogens with one attached hydrogen (secondary N) is 4. The normalized spacial score (nSPS) is 10.2. The molecule has 12 rings (SSSR count). The molecule has 4 N–H and O–H groups in total. The van der Waals surface area contributed by atoms with Crippen LogP contribution >= 0.6 is 11.6 Å². The number of nitrogens with zero attached hydrogens (tertiary/aromatic N) is 11. The molecule has 0 radical (unpaired) electrons. The van der Waals surface area contributed by atoms with Crippen molar-refractivity contribution >= 4 is 58.0 Å². The highest BCUT2D eigenvalue weighted by Gasteiger charge is 2.25. The van der Waals surface area contributed by atoms with Crippen LogP contribution in [0.1, 0.15) is 87.3 Å². The van der Waals surface area contributed by atoms with Gasteiger partial charge in [0, 0.05) is 92.3 Å². The Bertz CT molecular complexity index is 5190. The molecule has 0 aliphatic rings. The van der Waals surface area contributed by atoms with E-state index in [1.807, 2.05) is 56.3 Å². The Morgan fingerprint density at radius 2 is 0.689 bits per heavy atom. The van der Waals surface area contributed by atoms with Gasteiger partial charge in [-0.25, -0.2) is 48.7 Å². The minimum atomic E-state index is -3.06. The summed E-state index contributed by atoms with van der Waals surface area (Å²) in [5, 5.41) is 39.0. The van der Waals surface area contributed by atoms with Crippen molar-refractivity contribution in [2.24, 2.45) is 0 Å². The number of benzene rings is 8. The molecule has 0 bridgehead atoms. The van der Waals surface area contributed by atoms with Crippen LogP contribution in [0.15, 0.2) is 245 Å². The number of aryl methyl sites for hydroxylation is 2. The summed E-state index contributed by atoms with van der Waals surface area (Å²) >= 11 is 6.11. The first-order chi connectivity index (χ1) is 49.8. The summed E-state index contributed by atoms with van der Waals surface area (Å²) < 4.78 is 49.5. The fourth-order valence-electron chi connectivity index (χ4n) is 9.04. The maximum absolute atomic E-state index is 13.5. The van der Waals surface area contributed by atoms with Gasteiger partial charge in [0.1, 0.15) is 48.3 Å². The molecular formula is C77H54ClF2N15O8. The summed E-state index contributed by atoms with van der Waals surface area (Å²) in [6.07, 6.45) is 22.9. The second kappa shape index (κ2) is 35.5. The Balaban J connectivity index is 0.000000160. The van der Waals surface area contributed by atoms with Crippen molar-refractivity contribution in [3.05, 3.63) is 311 Å². The summed E-state index contributed by atoms with van der Waals surface area (Å²) in [6, 6.07) is 51.5. The lowest BCUT2D eigenvalue weighted by molar-refractivity contribution is 0.0174. The number of alkyl halides is 2. The van der Waals surface area contributed by atoms with Crippen molar-refractivity contribution in [2.45, 2.75) is 26.7 Å². The van der Waals surface area contributed by atoms with Crippen LogP contribution in [0.2, 0.25) is 5.02 Å². The largest absolute Gasteiger partial charge is 0.454 e. The molecule has 4 amide bonds. The highest BCUT2D eigenvalue weighted by Crippen LogP contribution is 2.32. The van der Waals surface area contributed by atoms with Gasteiger partial charge in [-0.1, -0.05) is 71.1 Å². The predicted octanol–water partition coefficient (Wildman–Crippen LogP) is 16.1. The molecule has 0 saturated carbocycles. The van der Waals surface area contributed by atoms with Gasteiger partial charge in [-0.2, -0.15) is 15.8 Å². The zero-order chi connectivity index (χ0) is 73.1. The number of aromatic nitrogens is 8. The van der Waals surface area contributed by atoms with Crippen molar-refractivity contribution in [2.75, 3.05) is 21.3 Å². The van der Waals surface area contributed by atoms with E-state index in [-0.39, 0.29) is 45.8 Å². The molecule has 0 atom stereocenters. The summed E-state index contributed by atoms with van der Waals surface area (Å²) in [6.45, 7) is 4.61. The minimum absolute atomic E-state index is 0.0697. The fraction of sp³-hybridized carbons (Fsp3) is 0.0519. The maximum atomic E-state index is 13.5. The molecule has 0 aliphatic heterocycles. The van der Waals surface area contributed by atoms with E-state index < -0.39 is 11.8 Å². The second-order valence-electron chi connectivity index (χ2n) is 21.7. The summed E-state index contributed by atoms with van der Waals surface area (Å²) in [5.41, 5.74) is 6.63. The molecule has 12 aromatic rings. The number of anilines is 4. The van der Waals surface area contributed by atoms with Gasteiger partial charge in [0.25, 0.3) is 29.6 Å². The van der Waals surface area contributed by atoms with E-state index in [0.29, 0.717) is 95.7 Å². The van der Waals surface area contributed by atoms with Crippen LogP contribution in [0.3, 0.4) is 0 Å². The highest BCUT2D eigenvalue weighted by molar-refractivity contribution is 6.31. The van der Waals surface area contributed by atoms with Crippen LogP contribution in [-0.2, 0) is 5.92 Å². The summed E-state index contributed by atoms with van der Waals surface area (Å²) in [7, 11) is 0. The van der Waals surface area contributed by atoms with Crippen LogP contribution in [0.5, 0.6) is 46.0 Å². The molecule has 4 aromatic heterocycles. The standard InChI is InChI=1S/C20H14F2N4O2.C20H12N4O2.C19H14N4O2.C18H14ClN3O2/c1-20(21,22)15-4-2-3-14(7-15)19(27)26-16-5-13(9-23)6-17(8-16)28-18-10-24-12-25-11-18;1-2-14-4-3-5-16(6-14)20(25)24-17-7-15(10-21)8-18(9-17)26-19-11-22-13-23-12-19;1-13-3-2-4-15(5-13)19(24)23-16-6-14(9-20)7-17(8-16)25-18-10-21-12-22-11-18;1-12-3-2-4-13(5-12)18(23)22-15-6-14(19)7-16(8-15)24-17-9-20-11-21-10-17/h2-8,10-12H,1H3,(H,26,27);1,3-9,11-13H,(H,24,25);2-8,10-12H,1H3,(H,23,24);2-11H,1H3,(H,22,23). The third kappa shape index (κ3) is 22.7.